The highest BCUT2D eigenvalue weighted by Gasteiger charge is 2.21. The Balaban J connectivity index is 1.66. The van der Waals surface area contributed by atoms with Gasteiger partial charge < -0.3 is 4.74 Å². The van der Waals surface area contributed by atoms with Crippen LogP contribution in [0, 0.1) is 0 Å². The normalized spacial score (nSPS) is 17.1. The van der Waals surface area contributed by atoms with Crippen molar-refractivity contribution >= 4 is 21.7 Å². The summed E-state index contributed by atoms with van der Waals surface area (Å²) < 4.78 is 5.42. The Morgan fingerprint density at radius 1 is 0.944 bits per heavy atom. The van der Waals surface area contributed by atoms with E-state index in [0.29, 0.717) is 10.9 Å². The van der Waals surface area contributed by atoms with Crippen molar-refractivity contribution in [1.82, 2.24) is 0 Å². The van der Waals surface area contributed by atoms with E-state index in [0.717, 1.165) is 13.2 Å². The van der Waals surface area contributed by atoms with Crippen molar-refractivity contribution < 1.29 is 4.74 Å². The lowest BCUT2D eigenvalue weighted by atomic mass is 10.1. The average Bonchev–Trinajstić information content (AvgIpc) is 2.46. The Morgan fingerprint density at radius 2 is 1.72 bits per heavy atom. The number of fused-ring (bicyclic) bond motifs is 1. The van der Waals surface area contributed by atoms with E-state index in [9.17, 15) is 0 Å². The second-order valence-electron chi connectivity index (χ2n) is 4.77. The van der Waals surface area contributed by atoms with E-state index in [1.54, 1.807) is 0 Å². The zero-order chi connectivity index (χ0) is 12.2. The summed E-state index contributed by atoms with van der Waals surface area (Å²) >= 11 is 0. The summed E-state index contributed by atoms with van der Waals surface area (Å²) in [6, 6.07) is 15.5. The third-order valence-electron chi connectivity index (χ3n) is 3.53. The third-order valence-corrected chi connectivity index (χ3v) is 5.80. The van der Waals surface area contributed by atoms with Crippen LogP contribution in [0.3, 0.4) is 0 Å². The molecule has 0 aromatic heterocycles. The fourth-order valence-corrected chi connectivity index (χ4v) is 4.26. The molecule has 0 radical (unpaired) electrons. The van der Waals surface area contributed by atoms with Gasteiger partial charge in [-0.3, -0.25) is 0 Å². The van der Waals surface area contributed by atoms with E-state index >= 15 is 0 Å². The maximum absolute atomic E-state index is 5.42. The molecule has 0 spiro atoms. The zero-order valence-electron chi connectivity index (χ0n) is 10.6. The molecule has 0 N–H and O–H groups in total. The van der Waals surface area contributed by atoms with E-state index in [1.165, 1.54) is 40.0 Å². The molecule has 1 saturated heterocycles. The summed E-state index contributed by atoms with van der Waals surface area (Å²) in [6.07, 6.45) is 1.22. The van der Waals surface area contributed by atoms with Crippen LogP contribution in [0.15, 0.2) is 42.5 Å². The topological polar surface area (TPSA) is 9.23 Å². The minimum Gasteiger partial charge on any atom is -0.372 e. The predicted octanol–water partition coefficient (Wildman–Crippen LogP) is 3.03. The molecule has 18 heavy (non-hydrogen) atoms. The first-order chi connectivity index (χ1) is 8.92. The molecule has 1 aliphatic rings. The lowest BCUT2D eigenvalue weighted by Crippen LogP contribution is -2.29. The summed E-state index contributed by atoms with van der Waals surface area (Å²) in [6.45, 7) is 1.95. The fourth-order valence-electron chi connectivity index (χ4n) is 2.42. The first-order valence-corrected chi connectivity index (χ1v) is 8.34. The number of ether oxygens (including phenoxy) is 1. The van der Waals surface area contributed by atoms with Gasteiger partial charge in [0.25, 0.3) is 0 Å². The molecule has 1 nitrogen and oxygen atoms in total. The maximum Gasteiger partial charge on any atom is 0.131 e. The highest BCUT2D eigenvalue weighted by Crippen LogP contribution is 2.17. The molecule has 1 aliphatic heterocycles. The van der Waals surface area contributed by atoms with Crippen LogP contribution < -0.4 is 0 Å². The lowest BCUT2D eigenvalue weighted by Gasteiger charge is -2.14. The van der Waals surface area contributed by atoms with Crippen molar-refractivity contribution in [3.8, 4) is 0 Å². The molecule has 1 fully saturated rings. The highest BCUT2D eigenvalue weighted by molar-refractivity contribution is 7.96. The van der Waals surface area contributed by atoms with Crippen molar-refractivity contribution in [2.75, 3.05) is 30.5 Å². The molecule has 3 rings (SSSR count). The number of hydrogen-bond acceptors (Lipinski definition) is 1. The second kappa shape index (κ2) is 5.77. The standard InChI is InChI=1S/C16H19OS/c1-2-4-16-13-14(5-6-15(16)3-1)7-10-18-11-8-17-9-12-18/h1-6,13H,7-12H2/q+1. The van der Waals surface area contributed by atoms with Gasteiger partial charge in [0.15, 0.2) is 0 Å². The van der Waals surface area contributed by atoms with Crippen LogP contribution in [-0.2, 0) is 22.1 Å². The van der Waals surface area contributed by atoms with Crippen LogP contribution in [0.2, 0.25) is 0 Å². The molecule has 2 aromatic rings. The molecule has 0 amide bonds. The van der Waals surface area contributed by atoms with Gasteiger partial charge in [-0.25, -0.2) is 0 Å². The number of hydrogen-bond donors (Lipinski definition) is 0. The molecule has 0 bridgehead atoms. The Labute approximate surface area is 112 Å². The van der Waals surface area contributed by atoms with E-state index in [4.69, 9.17) is 4.74 Å². The molecule has 0 saturated carbocycles. The molecular formula is C16H19OS+. The van der Waals surface area contributed by atoms with Gasteiger partial charge in [-0.05, 0) is 27.2 Å². The van der Waals surface area contributed by atoms with Gasteiger partial charge in [-0.2, -0.15) is 0 Å². The SMILES string of the molecule is c1ccc2cc(CC[S+]3CCOCC3)ccc2c1. The molecule has 1 heterocycles. The van der Waals surface area contributed by atoms with Crippen molar-refractivity contribution in [2.24, 2.45) is 0 Å². The highest BCUT2D eigenvalue weighted by atomic mass is 32.2. The van der Waals surface area contributed by atoms with E-state index in [-0.39, 0.29) is 0 Å². The van der Waals surface area contributed by atoms with Crippen LogP contribution in [-0.4, -0.2) is 30.5 Å². The lowest BCUT2D eigenvalue weighted by molar-refractivity contribution is 0.159. The first-order valence-electron chi connectivity index (χ1n) is 6.61. The van der Waals surface area contributed by atoms with Crippen molar-refractivity contribution in [2.45, 2.75) is 6.42 Å². The number of rotatable bonds is 3. The third kappa shape index (κ3) is 2.88. The summed E-state index contributed by atoms with van der Waals surface area (Å²) in [4.78, 5) is 0. The Kier molecular flexibility index (Phi) is 3.87. The van der Waals surface area contributed by atoms with Gasteiger partial charge in [0.1, 0.15) is 17.3 Å². The van der Waals surface area contributed by atoms with Crippen LogP contribution in [0.5, 0.6) is 0 Å². The Morgan fingerprint density at radius 3 is 2.56 bits per heavy atom. The summed E-state index contributed by atoms with van der Waals surface area (Å²) in [5.74, 6) is 3.88. The Hall–Kier alpha value is -0.990. The van der Waals surface area contributed by atoms with Crippen molar-refractivity contribution in [3.05, 3.63) is 48.0 Å². The van der Waals surface area contributed by atoms with Gasteiger partial charge in [-0.1, -0.05) is 42.5 Å². The molecule has 0 atom stereocenters. The van der Waals surface area contributed by atoms with Crippen molar-refractivity contribution in [1.29, 1.82) is 0 Å². The van der Waals surface area contributed by atoms with Crippen LogP contribution in [0.1, 0.15) is 5.56 Å². The predicted molar refractivity (Wildman–Crippen MR) is 80.4 cm³/mol. The average molecular weight is 259 g/mol. The summed E-state index contributed by atoms with van der Waals surface area (Å²) in [5.41, 5.74) is 1.48. The minimum atomic E-state index is 0.596. The van der Waals surface area contributed by atoms with E-state index in [2.05, 4.69) is 42.5 Å². The first kappa shape index (κ1) is 12.1. The van der Waals surface area contributed by atoms with Gasteiger partial charge in [0.05, 0.1) is 13.2 Å². The van der Waals surface area contributed by atoms with Gasteiger partial charge in [0, 0.05) is 6.42 Å². The second-order valence-corrected chi connectivity index (χ2v) is 7.22. The minimum absolute atomic E-state index is 0.596. The monoisotopic (exact) mass is 259 g/mol. The molecule has 2 heteroatoms. The number of benzene rings is 2. The molecule has 0 aliphatic carbocycles. The molecule has 94 valence electrons. The smallest absolute Gasteiger partial charge is 0.131 e. The van der Waals surface area contributed by atoms with Crippen LogP contribution in [0.4, 0.5) is 0 Å². The van der Waals surface area contributed by atoms with Crippen molar-refractivity contribution in [3.63, 3.8) is 0 Å². The largest absolute Gasteiger partial charge is 0.372 e. The Bertz CT molecular complexity index is 517. The summed E-state index contributed by atoms with van der Waals surface area (Å²) in [5, 5.41) is 2.71. The van der Waals surface area contributed by atoms with Gasteiger partial charge in [-0.15, -0.1) is 0 Å². The fraction of sp³-hybridized carbons (Fsp3) is 0.375. The molecule has 0 unspecified atom stereocenters. The molecular weight excluding hydrogens is 240 g/mol. The molecule has 2 aromatic carbocycles. The maximum atomic E-state index is 5.42. The van der Waals surface area contributed by atoms with Crippen LogP contribution in [0.25, 0.3) is 10.8 Å². The zero-order valence-corrected chi connectivity index (χ0v) is 11.4. The van der Waals surface area contributed by atoms with Gasteiger partial charge in [0.2, 0.25) is 0 Å². The van der Waals surface area contributed by atoms with Gasteiger partial charge >= 0.3 is 0 Å². The summed E-state index contributed by atoms with van der Waals surface area (Å²) in [7, 11) is 0.596. The quantitative estimate of drug-likeness (QED) is 0.770. The van der Waals surface area contributed by atoms with E-state index in [1.807, 2.05) is 0 Å². The van der Waals surface area contributed by atoms with Crippen LogP contribution >= 0.6 is 0 Å². The number of aryl methyl sites for hydroxylation is 1. The van der Waals surface area contributed by atoms with E-state index < -0.39 is 0 Å².